The van der Waals surface area contributed by atoms with Crippen molar-refractivity contribution in [3.05, 3.63) is 64.5 Å². The molecule has 3 heterocycles. The number of pyridine rings is 1. The quantitative estimate of drug-likeness (QED) is 0.544. The van der Waals surface area contributed by atoms with E-state index in [9.17, 15) is 9.59 Å². The van der Waals surface area contributed by atoms with Gasteiger partial charge in [-0.1, -0.05) is 31.7 Å². The number of thioether (sulfide) groups is 1. The summed E-state index contributed by atoms with van der Waals surface area (Å²) in [6.45, 7) is 5.08. The van der Waals surface area contributed by atoms with E-state index in [0.29, 0.717) is 36.4 Å². The van der Waals surface area contributed by atoms with E-state index >= 15 is 0 Å². The molecule has 1 aromatic carbocycles. The number of nitrogens with one attached hydrogen (secondary N) is 2. The van der Waals surface area contributed by atoms with Gasteiger partial charge in [0.05, 0.1) is 18.4 Å². The summed E-state index contributed by atoms with van der Waals surface area (Å²) >= 11 is 1.35. The molecule has 3 amide bonds. The van der Waals surface area contributed by atoms with Gasteiger partial charge in [-0.25, -0.2) is 4.79 Å². The van der Waals surface area contributed by atoms with E-state index in [0.717, 1.165) is 16.2 Å². The molecule has 1 atom stereocenters. The molecule has 2 aliphatic rings. The lowest BCUT2D eigenvalue weighted by molar-refractivity contribution is -0.121. The van der Waals surface area contributed by atoms with E-state index in [4.69, 9.17) is 11.5 Å². The molecule has 0 fully saturated rings. The van der Waals surface area contributed by atoms with Crippen LogP contribution in [0.4, 0.5) is 16.2 Å². The fourth-order valence-electron chi connectivity index (χ4n) is 3.80. The van der Waals surface area contributed by atoms with E-state index in [1.165, 1.54) is 11.8 Å². The number of aromatic nitrogens is 1. The first-order valence-corrected chi connectivity index (χ1v) is 11.0. The molecule has 6 N–H and O–H groups in total. The Morgan fingerprint density at radius 2 is 2.13 bits per heavy atom. The van der Waals surface area contributed by atoms with Gasteiger partial charge >= 0.3 is 6.03 Å². The Kier molecular flexibility index (Phi) is 5.53. The monoisotopic (exact) mass is 438 g/mol. The van der Waals surface area contributed by atoms with Crippen LogP contribution in [0.5, 0.6) is 0 Å². The lowest BCUT2D eigenvalue weighted by atomic mass is 9.95. The molecule has 0 bridgehead atoms. The number of anilines is 2. The highest BCUT2D eigenvalue weighted by atomic mass is 32.2. The number of rotatable bonds is 4. The van der Waals surface area contributed by atoms with E-state index in [-0.39, 0.29) is 11.9 Å². The molecule has 0 aliphatic carbocycles. The van der Waals surface area contributed by atoms with Gasteiger partial charge in [-0.3, -0.25) is 9.78 Å². The zero-order chi connectivity index (χ0) is 22.2. The topological polar surface area (TPSA) is 126 Å². The van der Waals surface area contributed by atoms with Crippen LogP contribution in [0.1, 0.15) is 37.3 Å². The number of nitrogens with zero attached hydrogens (tertiary/aromatic N) is 2. The third kappa shape index (κ3) is 3.93. The number of carbonyl (C=O) groups is 2. The van der Waals surface area contributed by atoms with Gasteiger partial charge in [0.15, 0.2) is 4.87 Å². The van der Waals surface area contributed by atoms with Crippen molar-refractivity contribution in [1.82, 2.24) is 15.2 Å². The summed E-state index contributed by atoms with van der Waals surface area (Å²) in [5.41, 5.74) is 16.0. The van der Waals surface area contributed by atoms with Crippen molar-refractivity contribution in [3.8, 4) is 0 Å². The number of primary amides is 1. The van der Waals surface area contributed by atoms with Crippen LogP contribution >= 0.6 is 11.8 Å². The van der Waals surface area contributed by atoms with Crippen LogP contribution < -0.4 is 22.1 Å². The number of hydrogen-bond acceptors (Lipinski definition) is 6. The zero-order valence-electron chi connectivity index (χ0n) is 17.5. The first-order valence-electron chi connectivity index (χ1n) is 10.1. The van der Waals surface area contributed by atoms with Gasteiger partial charge in [0, 0.05) is 41.0 Å². The van der Waals surface area contributed by atoms with Crippen LogP contribution in [0, 0.1) is 0 Å². The smallest absolute Gasteiger partial charge is 0.322 e. The number of hydrogen-bond donors (Lipinski definition) is 4. The Morgan fingerprint density at radius 3 is 2.81 bits per heavy atom. The maximum absolute atomic E-state index is 12.7. The molecule has 0 saturated carbocycles. The molecule has 8 nitrogen and oxygen atoms in total. The van der Waals surface area contributed by atoms with Gasteiger partial charge in [-0.2, -0.15) is 0 Å². The second-order valence-corrected chi connectivity index (χ2v) is 9.33. The average Bonchev–Trinajstić information content (AvgIpc) is 3.14. The van der Waals surface area contributed by atoms with Crippen molar-refractivity contribution < 1.29 is 9.59 Å². The second kappa shape index (κ2) is 8.14. The first-order chi connectivity index (χ1) is 14.8. The van der Waals surface area contributed by atoms with E-state index in [2.05, 4.69) is 29.5 Å². The van der Waals surface area contributed by atoms with Crippen LogP contribution in [0.15, 0.2) is 53.3 Å². The molecule has 0 saturated heterocycles. The largest absolute Gasteiger partial charge is 0.398 e. The number of nitrogen functional groups attached to an aromatic ring is 1. The summed E-state index contributed by atoms with van der Waals surface area (Å²) in [5, 5.41) is 6.21. The number of nitrogens with two attached hydrogens (primary N) is 2. The van der Waals surface area contributed by atoms with Crippen LogP contribution in [0.2, 0.25) is 0 Å². The molecule has 1 aromatic heterocycles. The zero-order valence-corrected chi connectivity index (χ0v) is 18.3. The highest BCUT2D eigenvalue weighted by molar-refractivity contribution is 8.05. The Hall–Kier alpha value is -3.20. The van der Waals surface area contributed by atoms with Gasteiger partial charge in [0.2, 0.25) is 0 Å². The molecule has 4 rings (SSSR count). The minimum Gasteiger partial charge on any atom is -0.398 e. The van der Waals surface area contributed by atoms with Gasteiger partial charge in [-0.15, -0.1) is 0 Å². The Bertz CT molecular complexity index is 1060. The van der Waals surface area contributed by atoms with Crippen molar-refractivity contribution in [2.45, 2.75) is 31.1 Å². The average molecular weight is 439 g/mol. The first kappa shape index (κ1) is 21.0. The van der Waals surface area contributed by atoms with Crippen LogP contribution in [0.3, 0.4) is 0 Å². The van der Waals surface area contributed by atoms with Crippen molar-refractivity contribution >= 4 is 35.1 Å². The molecular weight excluding hydrogens is 412 g/mol. The Morgan fingerprint density at radius 1 is 1.32 bits per heavy atom. The minimum atomic E-state index is -1.19. The van der Waals surface area contributed by atoms with E-state index in [1.54, 1.807) is 29.4 Å². The summed E-state index contributed by atoms with van der Waals surface area (Å²) in [7, 11) is 0. The summed E-state index contributed by atoms with van der Waals surface area (Å²) in [6.07, 6.45) is 3.85. The standard InChI is InChI=1S/C22H26N6O2S/c1-13(2)14-5-6-17(23)16(10-14)22(20(24)29)27-18-7-9-28(12-19(18)31-22)21(30)26-15-4-3-8-25-11-15/h3-6,8,10-11,13,27H,7,9,12,23H2,1-2H3,(H2,24,29)(H,26,30). The lowest BCUT2D eigenvalue weighted by Gasteiger charge is -2.29. The molecular formula is C22H26N6O2S. The summed E-state index contributed by atoms with van der Waals surface area (Å²) in [4.78, 5) is 30.9. The summed E-state index contributed by atoms with van der Waals surface area (Å²) in [6, 6.07) is 9.08. The molecule has 0 spiro atoms. The fourth-order valence-corrected chi connectivity index (χ4v) is 5.23. The maximum atomic E-state index is 12.7. The van der Waals surface area contributed by atoms with Gasteiger partial charge in [0.1, 0.15) is 0 Å². The molecule has 1 unspecified atom stereocenters. The second-order valence-electron chi connectivity index (χ2n) is 8.02. The number of urea groups is 1. The van der Waals surface area contributed by atoms with Gasteiger partial charge < -0.3 is 27.0 Å². The van der Waals surface area contributed by atoms with Gasteiger partial charge in [-0.05, 0) is 35.7 Å². The van der Waals surface area contributed by atoms with Crippen molar-refractivity contribution in [2.24, 2.45) is 5.73 Å². The maximum Gasteiger partial charge on any atom is 0.322 e. The van der Waals surface area contributed by atoms with Gasteiger partial charge in [0.25, 0.3) is 5.91 Å². The van der Waals surface area contributed by atoms with E-state index < -0.39 is 10.8 Å². The summed E-state index contributed by atoms with van der Waals surface area (Å²) < 4.78 is 0. The number of amides is 3. The van der Waals surface area contributed by atoms with Crippen LogP contribution in [-0.2, 0) is 9.67 Å². The molecule has 9 heteroatoms. The van der Waals surface area contributed by atoms with E-state index in [1.807, 2.05) is 18.2 Å². The highest BCUT2D eigenvalue weighted by Gasteiger charge is 2.48. The SMILES string of the molecule is CC(C)c1ccc(N)c(C2(C(N)=O)NC3=C(CN(C(=O)Nc4cccnc4)CC3)S2)c1. The Balaban J connectivity index is 1.57. The lowest BCUT2D eigenvalue weighted by Crippen LogP contribution is -2.47. The molecule has 162 valence electrons. The minimum absolute atomic E-state index is 0.210. The molecule has 31 heavy (non-hydrogen) atoms. The number of carbonyl (C=O) groups excluding carboxylic acids is 2. The Labute approximate surface area is 185 Å². The van der Waals surface area contributed by atoms with Crippen molar-refractivity contribution in [3.63, 3.8) is 0 Å². The van der Waals surface area contributed by atoms with Crippen molar-refractivity contribution in [1.29, 1.82) is 0 Å². The third-order valence-corrected chi connectivity index (χ3v) is 7.03. The third-order valence-electron chi connectivity index (χ3n) is 5.58. The normalized spacial score (nSPS) is 20.4. The molecule has 2 aromatic rings. The summed E-state index contributed by atoms with van der Waals surface area (Å²) in [5.74, 6) is -0.226. The predicted octanol–water partition coefficient (Wildman–Crippen LogP) is 2.91. The van der Waals surface area contributed by atoms with Crippen LogP contribution in [0.25, 0.3) is 0 Å². The van der Waals surface area contributed by atoms with Crippen LogP contribution in [-0.4, -0.2) is 34.9 Å². The predicted molar refractivity (Wildman–Crippen MR) is 123 cm³/mol. The molecule has 0 radical (unpaired) electrons. The van der Waals surface area contributed by atoms with Crippen molar-refractivity contribution in [2.75, 3.05) is 24.1 Å². The fraction of sp³-hybridized carbons (Fsp3) is 0.318. The number of benzene rings is 1. The molecule has 2 aliphatic heterocycles. The highest BCUT2D eigenvalue weighted by Crippen LogP contribution is 2.49.